The molecule has 2 nitrogen and oxygen atoms in total. The SMILES string of the molecule is CC1NCCN(c2ccc(F)cc2C(F)(F)F)C1I. The van der Waals surface area contributed by atoms with Crippen LogP contribution in [-0.2, 0) is 6.18 Å². The third-order valence-corrected chi connectivity index (χ3v) is 4.85. The highest BCUT2D eigenvalue weighted by Crippen LogP contribution is 2.39. The maximum absolute atomic E-state index is 13.1. The molecule has 1 heterocycles. The Morgan fingerprint density at radius 1 is 1.37 bits per heavy atom. The molecule has 19 heavy (non-hydrogen) atoms. The Morgan fingerprint density at radius 2 is 2.05 bits per heavy atom. The number of hydrogen-bond acceptors (Lipinski definition) is 2. The summed E-state index contributed by atoms with van der Waals surface area (Å²) in [5.74, 6) is -0.871. The largest absolute Gasteiger partial charge is 0.418 e. The summed E-state index contributed by atoms with van der Waals surface area (Å²) in [6, 6.07) is 2.91. The lowest BCUT2D eigenvalue weighted by Gasteiger charge is -2.40. The van der Waals surface area contributed by atoms with E-state index in [1.54, 1.807) is 4.90 Å². The lowest BCUT2D eigenvalue weighted by Crippen LogP contribution is -2.54. The second-order valence-electron chi connectivity index (χ2n) is 4.47. The first-order chi connectivity index (χ1) is 8.80. The zero-order valence-electron chi connectivity index (χ0n) is 10.1. The van der Waals surface area contributed by atoms with Crippen molar-refractivity contribution in [2.45, 2.75) is 23.2 Å². The highest BCUT2D eigenvalue weighted by molar-refractivity contribution is 14.1. The molecule has 1 aromatic rings. The van der Waals surface area contributed by atoms with Crippen LogP contribution in [0, 0.1) is 5.82 Å². The molecule has 0 saturated carbocycles. The average molecular weight is 388 g/mol. The fraction of sp³-hybridized carbons (Fsp3) is 0.500. The topological polar surface area (TPSA) is 15.3 Å². The summed E-state index contributed by atoms with van der Waals surface area (Å²) in [6.45, 7) is 2.99. The van der Waals surface area contributed by atoms with Crippen LogP contribution in [0.2, 0.25) is 0 Å². The van der Waals surface area contributed by atoms with Crippen LogP contribution in [0.15, 0.2) is 18.2 Å². The number of piperazine rings is 1. The molecule has 2 unspecified atom stereocenters. The zero-order chi connectivity index (χ0) is 14.2. The van der Waals surface area contributed by atoms with Crippen LogP contribution < -0.4 is 10.2 Å². The van der Waals surface area contributed by atoms with Crippen molar-refractivity contribution in [3.05, 3.63) is 29.6 Å². The van der Waals surface area contributed by atoms with Gasteiger partial charge in [0.25, 0.3) is 0 Å². The first-order valence-electron chi connectivity index (χ1n) is 5.81. The fourth-order valence-electron chi connectivity index (χ4n) is 2.14. The Kier molecular flexibility index (Phi) is 4.24. The molecule has 0 bridgehead atoms. The minimum Gasteiger partial charge on any atom is -0.356 e. The van der Waals surface area contributed by atoms with Gasteiger partial charge in [0, 0.05) is 19.1 Å². The van der Waals surface area contributed by atoms with Crippen molar-refractivity contribution in [3.8, 4) is 0 Å². The van der Waals surface area contributed by atoms with Crippen LogP contribution in [-0.4, -0.2) is 23.2 Å². The van der Waals surface area contributed by atoms with E-state index in [9.17, 15) is 17.6 Å². The van der Waals surface area contributed by atoms with Crippen LogP contribution >= 0.6 is 22.6 Å². The number of nitrogens with one attached hydrogen (secondary N) is 1. The van der Waals surface area contributed by atoms with Crippen LogP contribution in [0.25, 0.3) is 0 Å². The maximum atomic E-state index is 13.1. The number of alkyl halides is 4. The van der Waals surface area contributed by atoms with Gasteiger partial charge >= 0.3 is 6.18 Å². The molecule has 1 N–H and O–H groups in total. The summed E-state index contributed by atoms with van der Waals surface area (Å²) < 4.78 is 52.0. The molecule has 0 spiro atoms. The van der Waals surface area contributed by atoms with Gasteiger partial charge in [0.1, 0.15) is 5.82 Å². The van der Waals surface area contributed by atoms with Crippen molar-refractivity contribution in [2.24, 2.45) is 0 Å². The summed E-state index contributed by atoms with van der Waals surface area (Å²) in [5, 5.41) is 3.20. The second-order valence-corrected chi connectivity index (χ2v) is 5.74. The molecule has 0 aliphatic carbocycles. The summed E-state index contributed by atoms with van der Waals surface area (Å²) in [5.41, 5.74) is -0.870. The summed E-state index contributed by atoms with van der Waals surface area (Å²) in [4.78, 5) is 1.67. The first kappa shape index (κ1) is 14.8. The monoisotopic (exact) mass is 388 g/mol. The molecule has 1 aliphatic heterocycles. The number of hydrogen-bond donors (Lipinski definition) is 1. The van der Waals surface area contributed by atoms with Gasteiger partial charge in [0.15, 0.2) is 0 Å². The third-order valence-electron chi connectivity index (χ3n) is 3.10. The van der Waals surface area contributed by atoms with E-state index >= 15 is 0 Å². The quantitative estimate of drug-likeness (QED) is 0.344. The minimum absolute atomic E-state index is 0.0432. The Morgan fingerprint density at radius 3 is 2.68 bits per heavy atom. The van der Waals surface area contributed by atoms with Gasteiger partial charge < -0.3 is 10.2 Å². The smallest absolute Gasteiger partial charge is 0.356 e. The van der Waals surface area contributed by atoms with E-state index in [0.717, 1.165) is 6.07 Å². The van der Waals surface area contributed by atoms with Crippen LogP contribution in [0.5, 0.6) is 0 Å². The van der Waals surface area contributed by atoms with E-state index < -0.39 is 17.6 Å². The van der Waals surface area contributed by atoms with Gasteiger partial charge in [-0.3, -0.25) is 0 Å². The number of anilines is 1. The molecule has 106 valence electrons. The predicted octanol–water partition coefficient (Wildman–Crippen LogP) is 3.40. The van der Waals surface area contributed by atoms with E-state index in [-0.39, 0.29) is 15.8 Å². The van der Waals surface area contributed by atoms with Crippen molar-refractivity contribution in [1.29, 1.82) is 0 Å². The van der Waals surface area contributed by atoms with Gasteiger partial charge in [-0.2, -0.15) is 13.2 Å². The van der Waals surface area contributed by atoms with Crippen molar-refractivity contribution in [1.82, 2.24) is 5.32 Å². The van der Waals surface area contributed by atoms with Crippen molar-refractivity contribution in [2.75, 3.05) is 18.0 Å². The Balaban J connectivity index is 2.44. The van der Waals surface area contributed by atoms with E-state index in [0.29, 0.717) is 19.2 Å². The van der Waals surface area contributed by atoms with Crippen molar-refractivity contribution in [3.63, 3.8) is 0 Å². The third kappa shape index (κ3) is 3.13. The summed E-state index contributed by atoms with van der Waals surface area (Å²) in [6.07, 6.45) is -4.55. The maximum Gasteiger partial charge on any atom is 0.418 e. The number of halogens is 5. The van der Waals surface area contributed by atoms with E-state index in [1.165, 1.54) is 6.07 Å². The second kappa shape index (κ2) is 5.43. The average Bonchev–Trinajstić information content (AvgIpc) is 2.32. The molecule has 1 aliphatic rings. The molecular formula is C12H13F4IN2. The van der Waals surface area contributed by atoms with Gasteiger partial charge in [-0.15, -0.1) is 0 Å². The van der Waals surface area contributed by atoms with Crippen LogP contribution in [0.1, 0.15) is 12.5 Å². The highest BCUT2D eigenvalue weighted by Gasteiger charge is 2.37. The van der Waals surface area contributed by atoms with Crippen molar-refractivity contribution < 1.29 is 17.6 Å². The Hall–Kier alpha value is -0.570. The molecule has 2 rings (SSSR count). The lowest BCUT2D eigenvalue weighted by molar-refractivity contribution is -0.137. The molecule has 1 aromatic carbocycles. The summed E-state index contributed by atoms with van der Waals surface area (Å²) in [7, 11) is 0. The zero-order valence-corrected chi connectivity index (χ0v) is 12.3. The van der Waals surface area contributed by atoms with Crippen molar-refractivity contribution >= 4 is 28.3 Å². The highest BCUT2D eigenvalue weighted by atomic mass is 127. The lowest BCUT2D eigenvalue weighted by atomic mass is 10.1. The van der Waals surface area contributed by atoms with Gasteiger partial charge in [-0.1, -0.05) is 22.6 Å². The van der Waals surface area contributed by atoms with E-state index in [4.69, 9.17) is 0 Å². The molecule has 1 saturated heterocycles. The molecule has 7 heteroatoms. The Labute approximate surface area is 122 Å². The molecule has 2 atom stereocenters. The predicted molar refractivity (Wildman–Crippen MR) is 74.0 cm³/mol. The number of rotatable bonds is 1. The van der Waals surface area contributed by atoms with Crippen LogP contribution in [0.3, 0.4) is 0 Å². The van der Waals surface area contributed by atoms with Gasteiger partial charge in [0.2, 0.25) is 0 Å². The fourth-order valence-corrected chi connectivity index (χ4v) is 2.98. The molecule has 0 amide bonds. The van der Waals surface area contributed by atoms with Crippen LogP contribution in [0.4, 0.5) is 23.2 Å². The molecule has 1 fully saturated rings. The van der Waals surface area contributed by atoms with Gasteiger partial charge in [-0.05, 0) is 25.1 Å². The minimum atomic E-state index is -4.55. The standard InChI is InChI=1S/C12H13F4IN2/c1-7-11(17)19(5-4-18-7)10-3-2-8(13)6-9(10)12(14,15)16/h2-3,6-7,11,18H,4-5H2,1H3. The van der Waals surface area contributed by atoms with E-state index in [2.05, 4.69) is 27.9 Å². The molecular weight excluding hydrogens is 375 g/mol. The van der Waals surface area contributed by atoms with E-state index in [1.807, 2.05) is 6.92 Å². The number of nitrogens with zero attached hydrogens (tertiary/aromatic N) is 1. The van der Waals surface area contributed by atoms with Gasteiger partial charge in [-0.25, -0.2) is 4.39 Å². The number of benzene rings is 1. The molecule has 0 aromatic heterocycles. The Bertz CT molecular complexity index is 464. The normalized spacial score (nSPS) is 24.6. The first-order valence-corrected chi connectivity index (χ1v) is 7.06. The van der Waals surface area contributed by atoms with Gasteiger partial charge in [0.05, 0.1) is 15.3 Å². The summed E-state index contributed by atoms with van der Waals surface area (Å²) >= 11 is 2.10. The molecule has 0 radical (unpaired) electrons.